The number of carbonyl (C=O) groups is 1. The second-order valence-corrected chi connectivity index (χ2v) is 2.30. The summed E-state index contributed by atoms with van der Waals surface area (Å²) in [4.78, 5) is 14.2. The molecule has 1 rings (SSSR count). The van der Waals surface area contributed by atoms with E-state index in [1.807, 2.05) is 5.48 Å². The molecule has 2 atom stereocenters. The number of hydrogen-bond acceptors (Lipinski definition) is 3. The Balaban J connectivity index is 2.25. The standard InChI is InChI=1S/C6H9NO3/c1-2-4-3-5(4)6(8)7-10-9/h2,4-5,9H,1,3H2,(H,7,8)/t4-,5+/m1/s1. The van der Waals surface area contributed by atoms with E-state index in [9.17, 15) is 4.79 Å². The number of nitrogens with one attached hydrogen (secondary N) is 1. The Labute approximate surface area is 58.4 Å². The third-order valence-corrected chi connectivity index (χ3v) is 1.63. The number of carbonyl (C=O) groups excluding carboxylic acids is 1. The van der Waals surface area contributed by atoms with Crippen LogP contribution in [0.25, 0.3) is 0 Å². The number of rotatable bonds is 3. The second kappa shape index (κ2) is 2.81. The van der Waals surface area contributed by atoms with Gasteiger partial charge in [-0.25, -0.2) is 10.7 Å². The summed E-state index contributed by atoms with van der Waals surface area (Å²) >= 11 is 0. The molecule has 4 nitrogen and oxygen atoms in total. The molecule has 0 aliphatic heterocycles. The third kappa shape index (κ3) is 1.34. The lowest BCUT2D eigenvalue weighted by molar-refractivity contribution is -0.285. The Morgan fingerprint density at radius 1 is 1.90 bits per heavy atom. The van der Waals surface area contributed by atoms with Crippen LogP contribution in [0.1, 0.15) is 6.42 Å². The summed E-state index contributed by atoms with van der Waals surface area (Å²) in [6.07, 6.45) is 2.53. The highest BCUT2D eigenvalue weighted by atomic mass is 17.2. The Hall–Kier alpha value is -0.870. The van der Waals surface area contributed by atoms with Gasteiger partial charge in [0.05, 0.1) is 0 Å². The van der Waals surface area contributed by atoms with Gasteiger partial charge in [-0.05, 0) is 12.3 Å². The highest BCUT2D eigenvalue weighted by molar-refractivity contribution is 5.80. The number of allylic oxidation sites excluding steroid dienone is 1. The average Bonchev–Trinajstić information content (AvgIpc) is 2.66. The van der Waals surface area contributed by atoms with E-state index in [1.54, 1.807) is 6.08 Å². The topological polar surface area (TPSA) is 58.6 Å². The first kappa shape index (κ1) is 7.24. The zero-order valence-electron chi connectivity index (χ0n) is 5.41. The van der Waals surface area contributed by atoms with Crippen molar-refractivity contribution in [3.05, 3.63) is 12.7 Å². The minimum atomic E-state index is -0.285. The monoisotopic (exact) mass is 143 g/mol. The minimum Gasteiger partial charge on any atom is -0.272 e. The van der Waals surface area contributed by atoms with Crippen molar-refractivity contribution >= 4 is 5.91 Å². The zero-order chi connectivity index (χ0) is 7.56. The zero-order valence-corrected chi connectivity index (χ0v) is 5.41. The van der Waals surface area contributed by atoms with Crippen LogP contribution >= 0.6 is 0 Å². The van der Waals surface area contributed by atoms with Crippen molar-refractivity contribution in [2.24, 2.45) is 11.8 Å². The van der Waals surface area contributed by atoms with E-state index in [-0.39, 0.29) is 17.7 Å². The van der Waals surface area contributed by atoms with Crippen molar-refractivity contribution in [1.82, 2.24) is 5.48 Å². The van der Waals surface area contributed by atoms with Crippen molar-refractivity contribution in [1.29, 1.82) is 0 Å². The summed E-state index contributed by atoms with van der Waals surface area (Å²) in [5.74, 6) is -0.0767. The average molecular weight is 143 g/mol. The van der Waals surface area contributed by atoms with Gasteiger partial charge in [0.25, 0.3) is 0 Å². The van der Waals surface area contributed by atoms with E-state index in [0.717, 1.165) is 6.42 Å². The smallest absolute Gasteiger partial charge is 0.249 e. The molecule has 56 valence electrons. The van der Waals surface area contributed by atoms with Gasteiger partial charge in [-0.3, -0.25) is 4.79 Å². The van der Waals surface area contributed by atoms with E-state index < -0.39 is 0 Å². The summed E-state index contributed by atoms with van der Waals surface area (Å²) in [6, 6.07) is 0. The fourth-order valence-corrected chi connectivity index (χ4v) is 0.897. The molecule has 1 aliphatic carbocycles. The van der Waals surface area contributed by atoms with E-state index >= 15 is 0 Å². The van der Waals surface area contributed by atoms with E-state index in [0.29, 0.717) is 0 Å². The van der Waals surface area contributed by atoms with Gasteiger partial charge in [0.15, 0.2) is 0 Å². The molecule has 0 spiro atoms. The maximum absolute atomic E-state index is 10.7. The number of amides is 1. The fraction of sp³-hybridized carbons (Fsp3) is 0.500. The molecule has 1 amide bonds. The summed E-state index contributed by atoms with van der Waals surface area (Å²) in [5, 5.41) is 7.81. The lowest BCUT2D eigenvalue weighted by Crippen LogP contribution is -2.24. The van der Waals surface area contributed by atoms with Crippen LogP contribution in [0.15, 0.2) is 12.7 Å². The van der Waals surface area contributed by atoms with Gasteiger partial charge < -0.3 is 0 Å². The van der Waals surface area contributed by atoms with Crippen molar-refractivity contribution in [3.63, 3.8) is 0 Å². The van der Waals surface area contributed by atoms with Crippen LogP contribution in [0, 0.1) is 11.8 Å². The molecule has 0 saturated heterocycles. The van der Waals surface area contributed by atoms with Crippen molar-refractivity contribution < 1.29 is 15.0 Å². The van der Waals surface area contributed by atoms with Gasteiger partial charge in [-0.15, -0.1) is 11.6 Å². The van der Waals surface area contributed by atoms with Gasteiger partial charge >= 0.3 is 0 Å². The predicted octanol–water partition coefficient (Wildman–Crippen LogP) is 0.329. The first-order valence-electron chi connectivity index (χ1n) is 3.02. The normalized spacial score (nSPS) is 29.3. The Bertz CT molecular complexity index is 157. The first-order chi connectivity index (χ1) is 4.79. The van der Waals surface area contributed by atoms with Crippen LogP contribution in [-0.4, -0.2) is 11.2 Å². The molecule has 0 heterocycles. The van der Waals surface area contributed by atoms with Gasteiger partial charge in [-0.1, -0.05) is 6.08 Å². The van der Waals surface area contributed by atoms with E-state index in [1.165, 1.54) is 0 Å². The Morgan fingerprint density at radius 3 is 3.00 bits per heavy atom. The molecule has 0 unspecified atom stereocenters. The molecule has 4 heteroatoms. The largest absolute Gasteiger partial charge is 0.272 e. The van der Waals surface area contributed by atoms with Gasteiger partial charge in [0.2, 0.25) is 5.91 Å². The highest BCUT2D eigenvalue weighted by Gasteiger charge is 2.40. The molecule has 10 heavy (non-hydrogen) atoms. The van der Waals surface area contributed by atoms with Crippen LogP contribution in [0.5, 0.6) is 0 Å². The predicted molar refractivity (Wildman–Crippen MR) is 33.7 cm³/mol. The molecule has 0 bridgehead atoms. The third-order valence-electron chi connectivity index (χ3n) is 1.63. The molecule has 2 N–H and O–H groups in total. The molecular weight excluding hydrogens is 134 g/mol. The molecule has 1 fully saturated rings. The van der Waals surface area contributed by atoms with Gasteiger partial charge in [0.1, 0.15) is 0 Å². The Kier molecular flexibility index (Phi) is 2.03. The highest BCUT2D eigenvalue weighted by Crippen LogP contribution is 2.39. The lowest BCUT2D eigenvalue weighted by Gasteiger charge is -1.95. The molecule has 0 aromatic heterocycles. The Morgan fingerprint density at radius 2 is 2.60 bits per heavy atom. The van der Waals surface area contributed by atoms with Gasteiger partial charge in [0, 0.05) is 5.92 Å². The van der Waals surface area contributed by atoms with Gasteiger partial charge in [-0.2, -0.15) is 0 Å². The van der Waals surface area contributed by atoms with Crippen LogP contribution in [0.4, 0.5) is 0 Å². The number of hydroxylamine groups is 1. The van der Waals surface area contributed by atoms with E-state index in [2.05, 4.69) is 11.6 Å². The van der Waals surface area contributed by atoms with Crippen LogP contribution in [0.3, 0.4) is 0 Å². The van der Waals surface area contributed by atoms with Crippen molar-refractivity contribution in [2.75, 3.05) is 0 Å². The van der Waals surface area contributed by atoms with Crippen LogP contribution in [0.2, 0.25) is 0 Å². The molecule has 0 aromatic carbocycles. The second-order valence-electron chi connectivity index (χ2n) is 2.30. The fourth-order valence-electron chi connectivity index (χ4n) is 0.897. The molecule has 0 aromatic rings. The van der Waals surface area contributed by atoms with E-state index in [4.69, 9.17) is 5.26 Å². The molecular formula is C6H9NO3. The summed E-state index contributed by atoms with van der Waals surface area (Å²) in [5.41, 5.74) is 1.84. The summed E-state index contributed by atoms with van der Waals surface area (Å²) in [6.45, 7) is 3.53. The molecule has 1 saturated carbocycles. The van der Waals surface area contributed by atoms with Crippen molar-refractivity contribution in [3.8, 4) is 0 Å². The summed E-state index contributed by atoms with van der Waals surface area (Å²) < 4.78 is 0. The van der Waals surface area contributed by atoms with Crippen molar-refractivity contribution in [2.45, 2.75) is 6.42 Å². The molecule has 0 radical (unpaired) electrons. The summed E-state index contributed by atoms with van der Waals surface area (Å²) in [7, 11) is 0. The maximum Gasteiger partial charge on any atom is 0.249 e. The molecule has 1 aliphatic rings. The SMILES string of the molecule is C=C[C@@H]1C[C@@H]1C(=O)NOO. The quantitative estimate of drug-likeness (QED) is 0.340. The lowest BCUT2D eigenvalue weighted by atomic mass is 10.3. The van der Waals surface area contributed by atoms with Crippen LogP contribution in [-0.2, 0) is 9.78 Å². The van der Waals surface area contributed by atoms with Crippen LogP contribution < -0.4 is 5.48 Å². The first-order valence-corrected chi connectivity index (χ1v) is 3.02. The number of hydrogen-bond donors (Lipinski definition) is 2. The minimum absolute atomic E-state index is 0.0513. The maximum atomic E-state index is 10.7.